The van der Waals surface area contributed by atoms with Crippen molar-refractivity contribution in [3.63, 3.8) is 0 Å². The van der Waals surface area contributed by atoms with Gasteiger partial charge in [0.2, 0.25) is 0 Å². The Morgan fingerprint density at radius 1 is 1.00 bits per heavy atom. The fourth-order valence-corrected chi connectivity index (χ4v) is 2.59. The van der Waals surface area contributed by atoms with Gasteiger partial charge in [-0.15, -0.1) is 0 Å². The molecule has 0 aromatic carbocycles. The van der Waals surface area contributed by atoms with Crippen molar-refractivity contribution in [1.82, 2.24) is 9.80 Å². The Bertz CT molecular complexity index is 321. The number of carbonyl (C=O) groups is 2. The quantitative estimate of drug-likeness (QED) is 0.657. The van der Waals surface area contributed by atoms with E-state index in [1.54, 1.807) is 9.80 Å². The molecule has 3 rings (SSSR count). The number of amides is 2. The van der Waals surface area contributed by atoms with Gasteiger partial charge < -0.3 is 9.80 Å². The summed E-state index contributed by atoms with van der Waals surface area (Å²) in [7, 11) is 0. The first-order chi connectivity index (χ1) is 7.75. The fraction of sp³-hybridized carbons (Fsp3) is 0.833. The van der Waals surface area contributed by atoms with Crippen LogP contribution in [0.2, 0.25) is 0 Å². The number of hydrogen-bond acceptors (Lipinski definition) is 2. The summed E-state index contributed by atoms with van der Waals surface area (Å²) >= 11 is 0. The average molecular weight is 222 g/mol. The monoisotopic (exact) mass is 222 g/mol. The second-order valence-corrected chi connectivity index (χ2v) is 5.28. The Hall–Kier alpha value is -1.06. The molecule has 4 heteroatoms. The van der Waals surface area contributed by atoms with E-state index in [1.807, 2.05) is 0 Å². The third-order valence-corrected chi connectivity index (χ3v) is 4.03. The van der Waals surface area contributed by atoms with E-state index >= 15 is 0 Å². The minimum Gasteiger partial charge on any atom is -0.332 e. The second-order valence-electron chi connectivity index (χ2n) is 5.28. The Labute approximate surface area is 95.6 Å². The summed E-state index contributed by atoms with van der Waals surface area (Å²) in [5.74, 6) is 0.141. The normalized spacial score (nSPS) is 27.2. The second kappa shape index (κ2) is 3.75. The summed E-state index contributed by atoms with van der Waals surface area (Å²) in [6.07, 6.45) is 5.91. The zero-order valence-corrected chi connectivity index (χ0v) is 9.52. The van der Waals surface area contributed by atoms with Crippen LogP contribution in [0.15, 0.2) is 0 Å². The molecule has 0 unspecified atom stereocenters. The minimum atomic E-state index is -0.259. The molecule has 0 N–H and O–H groups in total. The molecular formula is C12H18N2O2. The first-order valence-corrected chi connectivity index (χ1v) is 6.35. The molecule has 3 fully saturated rings. The molecule has 0 aromatic rings. The largest absolute Gasteiger partial charge is 0.332 e. The summed E-state index contributed by atoms with van der Waals surface area (Å²) in [5, 5.41) is 0. The van der Waals surface area contributed by atoms with Crippen molar-refractivity contribution in [3.8, 4) is 0 Å². The lowest BCUT2D eigenvalue weighted by Crippen LogP contribution is -2.56. The van der Waals surface area contributed by atoms with Crippen molar-refractivity contribution in [1.29, 1.82) is 0 Å². The van der Waals surface area contributed by atoms with Crippen molar-refractivity contribution >= 4 is 11.8 Å². The molecule has 4 nitrogen and oxygen atoms in total. The van der Waals surface area contributed by atoms with Gasteiger partial charge in [-0.25, -0.2) is 0 Å². The summed E-state index contributed by atoms with van der Waals surface area (Å²) < 4.78 is 0. The summed E-state index contributed by atoms with van der Waals surface area (Å²) in [4.78, 5) is 27.3. The average Bonchev–Trinajstić information content (AvgIpc) is 3.01. The molecule has 3 aliphatic rings. The summed E-state index contributed by atoms with van der Waals surface area (Å²) in [6.45, 7) is 2.31. The van der Waals surface area contributed by atoms with Gasteiger partial charge in [0, 0.05) is 25.7 Å². The lowest BCUT2D eigenvalue weighted by atomic mass is 9.85. The maximum atomic E-state index is 11.9. The van der Waals surface area contributed by atoms with Gasteiger partial charge in [-0.1, -0.05) is 6.42 Å². The SMILES string of the molecule is O=C1C(=O)N(C2CC2)CCN1CC1CCC1. The van der Waals surface area contributed by atoms with Crippen LogP contribution in [0.1, 0.15) is 32.1 Å². The first kappa shape index (κ1) is 10.1. The first-order valence-electron chi connectivity index (χ1n) is 6.35. The standard InChI is InChI=1S/C12H18N2O2/c15-11-12(16)14(10-4-5-10)7-6-13(11)8-9-2-1-3-9/h9-10H,1-8H2. The predicted molar refractivity (Wildman–Crippen MR) is 58.7 cm³/mol. The van der Waals surface area contributed by atoms with E-state index in [2.05, 4.69) is 0 Å². The van der Waals surface area contributed by atoms with Crippen molar-refractivity contribution in [3.05, 3.63) is 0 Å². The maximum absolute atomic E-state index is 11.9. The molecule has 2 amide bonds. The van der Waals surface area contributed by atoms with Crippen LogP contribution in [0.5, 0.6) is 0 Å². The van der Waals surface area contributed by atoms with Gasteiger partial charge in [-0.05, 0) is 31.6 Å². The molecule has 0 spiro atoms. The van der Waals surface area contributed by atoms with Gasteiger partial charge in [0.25, 0.3) is 0 Å². The molecule has 88 valence electrons. The van der Waals surface area contributed by atoms with Crippen molar-refractivity contribution < 1.29 is 9.59 Å². The van der Waals surface area contributed by atoms with E-state index in [9.17, 15) is 9.59 Å². The maximum Gasteiger partial charge on any atom is 0.312 e. The van der Waals surface area contributed by atoms with Crippen LogP contribution in [0, 0.1) is 5.92 Å². The fourth-order valence-electron chi connectivity index (χ4n) is 2.59. The van der Waals surface area contributed by atoms with Crippen LogP contribution in [0.25, 0.3) is 0 Å². The Balaban J connectivity index is 1.60. The van der Waals surface area contributed by atoms with Gasteiger partial charge in [-0.3, -0.25) is 9.59 Å². The van der Waals surface area contributed by atoms with E-state index in [0.29, 0.717) is 12.0 Å². The van der Waals surface area contributed by atoms with E-state index in [4.69, 9.17) is 0 Å². The lowest BCUT2D eigenvalue weighted by Gasteiger charge is -2.37. The predicted octanol–water partition coefficient (Wildman–Crippen LogP) is 0.620. The molecule has 1 saturated heterocycles. The van der Waals surface area contributed by atoms with Crippen molar-refractivity contribution in [2.45, 2.75) is 38.1 Å². The number of carbonyl (C=O) groups excluding carboxylic acids is 2. The highest BCUT2D eigenvalue weighted by Crippen LogP contribution is 2.30. The molecule has 2 saturated carbocycles. The molecule has 0 bridgehead atoms. The van der Waals surface area contributed by atoms with Crippen LogP contribution in [0.4, 0.5) is 0 Å². The van der Waals surface area contributed by atoms with Crippen LogP contribution < -0.4 is 0 Å². The Morgan fingerprint density at radius 3 is 2.31 bits per heavy atom. The highest BCUT2D eigenvalue weighted by atomic mass is 16.2. The Kier molecular flexibility index (Phi) is 2.37. The highest BCUT2D eigenvalue weighted by Gasteiger charge is 2.41. The molecule has 0 atom stereocenters. The molecule has 1 aliphatic heterocycles. The zero-order valence-electron chi connectivity index (χ0n) is 9.52. The molecule has 0 aromatic heterocycles. The van der Waals surface area contributed by atoms with E-state index in [0.717, 1.165) is 32.5 Å². The summed E-state index contributed by atoms with van der Waals surface area (Å²) in [6, 6.07) is 0.377. The summed E-state index contributed by atoms with van der Waals surface area (Å²) in [5.41, 5.74) is 0. The van der Waals surface area contributed by atoms with E-state index in [1.165, 1.54) is 19.3 Å². The minimum absolute atomic E-state index is 0.256. The van der Waals surface area contributed by atoms with Gasteiger partial charge in [0.15, 0.2) is 0 Å². The third kappa shape index (κ3) is 1.70. The van der Waals surface area contributed by atoms with Gasteiger partial charge in [-0.2, -0.15) is 0 Å². The van der Waals surface area contributed by atoms with Gasteiger partial charge in [0.1, 0.15) is 0 Å². The highest BCUT2D eigenvalue weighted by molar-refractivity contribution is 6.35. The van der Waals surface area contributed by atoms with Crippen LogP contribution in [-0.2, 0) is 9.59 Å². The topological polar surface area (TPSA) is 40.6 Å². The molecular weight excluding hydrogens is 204 g/mol. The number of rotatable bonds is 3. The van der Waals surface area contributed by atoms with Gasteiger partial charge in [0.05, 0.1) is 0 Å². The van der Waals surface area contributed by atoms with E-state index in [-0.39, 0.29) is 11.8 Å². The molecule has 2 aliphatic carbocycles. The number of hydrogen-bond donors (Lipinski definition) is 0. The van der Waals surface area contributed by atoms with Crippen molar-refractivity contribution in [2.24, 2.45) is 5.92 Å². The number of nitrogens with zero attached hydrogens (tertiary/aromatic N) is 2. The van der Waals surface area contributed by atoms with Crippen molar-refractivity contribution in [2.75, 3.05) is 19.6 Å². The molecule has 1 heterocycles. The van der Waals surface area contributed by atoms with E-state index < -0.39 is 0 Å². The smallest absolute Gasteiger partial charge is 0.312 e. The number of piperazine rings is 1. The zero-order chi connectivity index (χ0) is 11.1. The van der Waals surface area contributed by atoms with Gasteiger partial charge >= 0.3 is 11.8 Å². The van der Waals surface area contributed by atoms with Crippen LogP contribution in [0.3, 0.4) is 0 Å². The Morgan fingerprint density at radius 2 is 1.75 bits per heavy atom. The van der Waals surface area contributed by atoms with Crippen LogP contribution >= 0.6 is 0 Å². The van der Waals surface area contributed by atoms with Crippen LogP contribution in [-0.4, -0.2) is 47.3 Å². The third-order valence-electron chi connectivity index (χ3n) is 4.03. The molecule has 16 heavy (non-hydrogen) atoms. The lowest BCUT2D eigenvalue weighted by molar-refractivity contribution is -0.157. The molecule has 0 radical (unpaired) electrons.